The Morgan fingerprint density at radius 3 is 1.89 bits per heavy atom. The van der Waals surface area contributed by atoms with Crippen LogP contribution in [-0.2, 0) is 9.09 Å². The van der Waals surface area contributed by atoms with Gasteiger partial charge in [0, 0.05) is 0 Å². The number of hydrogen-bond donors (Lipinski definition) is 3. The van der Waals surface area contributed by atoms with Gasteiger partial charge in [-0.05, 0) is 26.9 Å². The molecule has 0 aliphatic heterocycles. The summed E-state index contributed by atoms with van der Waals surface area (Å²) in [6.45, 7) is 1.96. The van der Waals surface area contributed by atoms with E-state index < -0.39 is 20.0 Å². The molecule has 0 aliphatic rings. The zero-order chi connectivity index (χ0) is 20.5. The van der Waals surface area contributed by atoms with Gasteiger partial charge in [-0.15, -0.1) is 0 Å². The first-order valence-corrected chi connectivity index (χ1v) is 12.0. The van der Waals surface area contributed by atoms with Crippen molar-refractivity contribution in [2.75, 3.05) is 20.7 Å². The number of likely N-dealkylation sites (N-methyl/N-ethyl adjacent to an activating group) is 1. The summed E-state index contributed by atoms with van der Waals surface area (Å²) in [5.74, 6) is 0. The van der Waals surface area contributed by atoms with E-state index in [2.05, 4.69) is 11.4 Å². The molecule has 6 N–H and O–H groups in total. The molecule has 3 atom stereocenters. The molecule has 1 unspecified atom stereocenters. The number of aliphatic hydroxyl groups is 1. The maximum atomic E-state index is 10.7. The van der Waals surface area contributed by atoms with Gasteiger partial charge >= 0.3 is 0 Å². The average Bonchev–Trinajstić information content (AvgIpc) is 2.57. The highest BCUT2D eigenvalue weighted by Crippen LogP contribution is 2.30. The Hall–Kier alpha value is -0.270. The fraction of sp³-hybridized carbons (Fsp3) is 0.900. The Labute approximate surface area is 172 Å². The molecule has 0 saturated heterocycles. The normalized spacial score (nSPS) is 16.1. The average molecular weight is 425 g/mol. The van der Waals surface area contributed by atoms with Gasteiger partial charge in [-0.2, -0.15) is 0 Å². The van der Waals surface area contributed by atoms with Crippen molar-refractivity contribution < 1.29 is 24.0 Å². The highest BCUT2D eigenvalue weighted by Gasteiger charge is 2.21. The van der Waals surface area contributed by atoms with E-state index in [4.69, 9.17) is 4.89 Å². The van der Waals surface area contributed by atoms with Crippen LogP contribution in [0.1, 0.15) is 84.0 Å². The smallest absolute Gasteiger partial charge is 0.265 e. The van der Waals surface area contributed by atoms with Gasteiger partial charge in [0.2, 0.25) is 0 Å². The lowest BCUT2D eigenvalue weighted by Crippen LogP contribution is -2.41. The summed E-state index contributed by atoms with van der Waals surface area (Å²) in [4.78, 5) is 21.1. The number of rotatable bonds is 18. The maximum Gasteiger partial charge on any atom is 0.265 e. The Balaban J connectivity index is 0. The lowest BCUT2D eigenvalue weighted by atomic mass is 10.0. The van der Waals surface area contributed by atoms with Crippen LogP contribution in [0, 0.1) is 0 Å². The zero-order valence-electron chi connectivity index (χ0n) is 18.5. The largest absolute Gasteiger partial charge is 0.756 e. The number of phosphoric ester groups is 1. The van der Waals surface area contributed by atoms with Crippen LogP contribution in [-0.4, -0.2) is 47.7 Å². The predicted molar refractivity (Wildman–Crippen MR) is 115 cm³/mol. The molecule has 0 rings (SSSR count). The number of phosphoric acid groups is 1. The Morgan fingerprint density at radius 1 is 1.00 bits per heavy atom. The summed E-state index contributed by atoms with van der Waals surface area (Å²) >= 11 is 0. The molecule has 0 amide bonds. The minimum atomic E-state index is -4.77. The summed E-state index contributed by atoms with van der Waals surface area (Å²) < 4.78 is 15.1. The summed E-state index contributed by atoms with van der Waals surface area (Å²) in [6, 6.07) is -0.534. The fourth-order valence-corrected chi connectivity index (χ4v) is 3.36. The monoisotopic (exact) mass is 424 g/mol. The van der Waals surface area contributed by atoms with E-state index in [0.717, 1.165) is 12.8 Å². The van der Waals surface area contributed by atoms with E-state index in [-0.39, 0.29) is 12.8 Å². The standard InChI is InChI=1S/C20H42NO5P.H3N/c1-4-5-6-7-8-9-10-11-12-13-14-15-16-17-20(22)19(21(2)3)18-26-27(23,24)25;/h16-17,19-20,22H,4-15,18H2,1-3H3,(H2,23,24,25);1H3/b17-16+;/t19-,20+;/m0./s1. The molecule has 0 aromatic carbocycles. The van der Waals surface area contributed by atoms with Crippen molar-refractivity contribution in [1.29, 1.82) is 0 Å². The highest BCUT2D eigenvalue weighted by atomic mass is 31.2. The number of unbranched alkanes of at least 4 members (excludes halogenated alkanes) is 11. The first-order chi connectivity index (χ1) is 12.8. The van der Waals surface area contributed by atoms with Crippen LogP contribution in [0.15, 0.2) is 12.2 Å². The molecule has 0 spiro atoms. The van der Waals surface area contributed by atoms with Crippen molar-refractivity contribution in [2.24, 2.45) is 0 Å². The topological polar surface area (TPSA) is 130 Å². The Morgan fingerprint density at radius 2 is 1.46 bits per heavy atom. The van der Waals surface area contributed by atoms with E-state index in [0.29, 0.717) is 0 Å². The minimum absolute atomic E-state index is 0. The number of aliphatic hydroxyl groups excluding tert-OH is 1. The van der Waals surface area contributed by atoms with E-state index in [9.17, 15) is 14.6 Å². The molecule has 0 radical (unpaired) electrons. The molecule has 0 aromatic rings. The molecule has 8 heteroatoms. The van der Waals surface area contributed by atoms with Gasteiger partial charge in [0.15, 0.2) is 0 Å². The van der Waals surface area contributed by atoms with E-state index in [1.807, 2.05) is 6.08 Å². The van der Waals surface area contributed by atoms with Gasteiger partial charge in [0.05, 0.1) is 18.8 Å². The van der Waals surface area contributed by atoms with Crippen LogP contribution in [0.5, 0.6) is 0 Å². The van der Waals surface area contributed by atoms with Crippen molar-refractivity contribution in [3.8, 4) is 0 Å². The summed E-state index contributed by atoms with van der Waals surface area (Å²) in [7, 11) is -1.32. The van der Waals surface area contributed by atoms with E-state index in [1.165, 1.54) is 64.2 Å². The number of nitrogens with zero attached hydrogens (tertiary/aromatic N) is 1. The quantitative estimate of drug-likeness (QED) is 0.170. The zero-order valence-corrected chi connectivity index (χ0v) is 19.4. The molecule has 0 fully saturated rings. The summed E-state index contributed by atoms with van der Waals surface area (Å²) in [5, 5.41) is 10.2. The second-order valence-corrected chi connectivity index (χ2v) is 8.73. The molecule has 0 bridgehead atoms. The first kappa shape index (κ1) is 29.9. The van der Waals surface area contributed by atoms with Gasteiger partial charge in [-0.25, -0.2) is 0 Å². The van der Waals surface area contributed by atoms with Gasteiger partial charge in [-0.3, -0.25) is 4.57 Å². The third-order valence-electron chi connectivity index (χ3n) is 4.77. The van der Waals surface area contributed by atoms with E-state index in [1.54, 1.807) is 25.1 Å². The number of hydrogen-bond acceptors (Lipinski definition) is 5. The SMILES string of the molecule is CCCCCCCCCCCCC/C=C/[C@@H](O)[C@H](COP(=O)([O-])O)N(C)C.[NH4+]. The predicted octanol–water partition coefficient (Wildman–Crippen LogP) is 4.39. The van der Waals surface area contributed by atoms with E-state index >= 15 is 0 Å². The molecule has 0 heterocycles. The van der Waals surface area contributed by atoms with Crippen molar-refractivity contribution in [2.45, 2.75) is 96.1 Å². The van der Waals surface area contributed by atoms with Crippen molar-refractivity contribution in [3.63, 3.8) is 0 Å². The van der Waals surface area contributed by atoms with Crippen molar-refractivity contribution >= 4 is 7.82 Å². The second-order valence-electron chi connectivity index (χ2n) is 7.54. The minimum Gasteiger partial charge on any atom is -0.756 e. The van der Waals surface area contributed by atoms with Crippen LogP contribution in [0.2, 0.25) is 0 Å². The summed E-state index contributed by atoms with van der Waals surface area (Å²) in [5.41, 5.74) is 0. The third kappa shape index (κ3) is 19.1. The first-order valence-electron chi connectivity index (χ1n) is 10.5. The van der Waals surface area contributed by atoms with Crippen molar-refractivity contribution in [1.82, 2.24) is 11.1 Å². The lowest BCUT2D eigenvalue weighted by Gasteiger charge is -2.29. The van der Waals surface area contributed by atoms with Gasteiger partial charge in [0.25, 0.3) is 7.82 Å². The highest BCUT2D eigenvalue weighted by molar-refractivity contribution is 7.44. The molecule has 170 valence electrons. The number of quaternary nitrogens is 1. The Kier molecular flexibility index (Phi) is 20.0. The third-order valence-corrected chi connectivity index (χ3v) is 5.25. The van der Waals surface area contributed by atoms with Gasteiger partial charge < -0.3 is 30.5 Å². The van der Waals surface area contributed by atoms with Crippen LogP contribution in [0.25, 0.3) is 0 Å². The second kappa shape index (κ2) is 18.7. The van der Waals surface area contributed by atoms with Crippen LogP contribution < -0.4 is 11.0 Å². The number of allylic oxidation sites excluding steroid dienone is 1. The molecule has 28 heavy (non-hydrogen) atoms. The Bertz CT molecular complexity index is 415. The molecule has 7 nitrogen and oxygen atoms in total. The van der Waals surface area contributed by atoms with Crippen LogP contribution >= 0.6 is 7.82 Å². The molecular formula is C20H45N2O5P. The fourth-order valence-electron chi connectivity index (χ4n) is 3.01. The molecule has 0 aromatic heterocycles. The maximum absolute atomic E-state index is 10.7. The van der Waals surface area contributed by atoms with Crippen LogP contribution in [0.3, 0.4) is 0 Å². The summed E-state index contributed by atoms with van der Waals surface area (Å²) in [6.07, 6.45) is 18.0. The van der Waals surface area contributed by atoms with Crippen LogP contribution in [0.4, 0.5) is 0 Å². The van der Waals surface area contributed by atoms with Gasteiger partial charge in [0.1, 0.15) is 0 Å². The molecule has 0 aliphatic carbocycles. The lowest BCUT2D eigenvalue weighted by molar-refractivity contribution is -0.221. The molecule has 0 saturated carbocycles. The van der Waals surface area contributed by atoms with Crippen molar-refractivity contribution in [3.05, 3.63) is 12.2 Å². The van der Waals surface area contributed by atoms with Gasteiger partial charge in [-0.1, -0.05) is 83.3 Å². The molecular weight excluding hydrogens is 379 g/mol.